The summed E-state index contributed by atoms with van der Waals surface area (Å²) in [6.45, 7) is 12.4. The second kappa shape index (κ2) is 12.9. The van der Waals surface area contributed by atoms with Gasteiger partial charge in [0.15, 0.2) is 0 Å². The Bertz CT molecular complexity index is 867. The van der Waals surface area contributed by atoms with Crippen molar-refractivity contribution in [1.82, 2.24) is 20.2 Å². The maximum atomic E-state index is 12.4. The minimum absolute atomic E-state index is 0.0841. The molecule has 3 aliphatic rings. The lowest BCUT2D eigenvalue weighted by Gasteiger charge is -2.39. The van der Waals surface area contributed by atoms with Crippen molar-refractivity contribution in [3.05, 3.63) is 17.6 Å². The van der Waals surface area contributed by atoms with E-state index in [0.717, 1.165) is 101 Å². The van der Waals surface area contributed by atoms with Crippen LogP contribution in [0.2, 0.25) is 0 Å². The number of piperazine rings is 1. The van der Waals surface area contributed by atoms with Gasteiger partial charge in [0.25, 0.3) is 0 Å². The van der Waals surface area contributed by atoms with Crippen molar-refractivity contribution in [3.63, 3.8) is 0 Å². The lowest BCUT2D eigenvalue weighted by atomic mass is 9.77. The van der Waals surface area contributed by atoms with Crippen LogP contribution in [0, 0.1) is 11.8 Å². The first-order valence-corrected chi connectivity index (χ1v) is 14.5. The third-order valence-corrected chi connectivity index (χ3v) is 8.44. The van der Waals surface area contributed by atoms with Gasteiger partial charge in [0.2, 0.25) is 5.91 Å². The average Bonchev–Trinajstić information content (AvgIpc) is 2.85. The Morgan fingerprint density at radius 2 is 1.78 bits per heavy atom. The number of aliphatic hydroxyl groups excluding tert-OH is 1. The van der Waals surface area contributed by atoms with Crippen molar-refractivity contribution in [2.24, 2.45) is 11.8 Å². The van der Waals surface area contributed by atoms with Gasteiger partial charge in [-0.15, -0.1) is 0 Å². The van der Waals surface area contributed by atoms with Crippen LogP contribution in [0.25, 0.3) is 0 Å². The number of carbonyl (C=O) groups is 1. The number of anilines is 1. The largest absolute Gasteiger partial charge is 0.393 e. The maximum absolute atomic E-state index is 12.4. The molecule has 0 bridgehead atoms. The quantitative estimate of drug-likeness (QED) is 0.494. The van der Waals surface area contributed by atoms with E-state index in [4.69, 9.17) is 14.7 Å². The molecule has 2 heterocycles. The molecule has 8 nitrogen and oxygen atoms in total. The fraction of sp³-hybridized carbons (Fsp3) is 0.828. The van der Waals surface area contributed by atoms with Gasteiger partial charge < -0.3 is 20.1 Å². The van der Waals surface area contributed by atoms with Crippen molar-refractivity contribution >= 4 is 11.7 Å². The number of hydrogen-bond donors (Lipinski definition) is 2. The van der Waals surface area contributed by atoms with Crippen LogP contribution >= 0.6 is 0 Å². The van der Waals surface area contributed by atoms with Gasteiger partial charge in [-0.3, -0.25) is 9.69 Å². The van der Waals surface area contributed by atoms with E-state index < -0.39 is 0 Å². The summed E-state index contributed by atoms with van der Waals surface area (Å²) in [4.78, 5) is 27.1. The summed E-state index contributed by atoms with van der Waals surface area (Å²) in [5, 5.41) is 12.9. The Morgan fingerprint density at radius 1 is 1.08 bits per heavy atom. The van der Waals surface area contributed by atoms with E-state index in [1.165, 1.54) is 6.42 Å². The highest BCUT2D eigenvalue weighted by Crippen LogP contribution is 2.32. The van der Waals surface area contributed by atoms with Crippen LogP contribution in [0.15, 0.2) is 6.07 Å². The first kappa shape index (κ1) is 28.2. The minimum Gasteiger partial charge on any atom is -0.393 e. The highest BCUT2D eigenvalue weighted by atomic mass is 16.5. The number of hydrogen-bond acceptors (Lipinski definition) is 7. The van der Waals surface area contributed by atoms with E-state index in [-0.39, 0.29) is 17.4 Å². The molecule has 0 unspecified atom stereocenters. The topological polar surface area (TPSA) is 90.8 Å². The number of nitrogens with one attached hydrogen (secondary N) is 1. The molecule has 1 aliphatic heterocycles. The Hall–Kier alpha value is -1.77. The Balaban J connectivity index is 1.15. The highest BCUT2D eigenvalue weighted by Gasteiger charge is 2.32. The van der Waals surface area contributed by atoms with Crippen LogP contribution in [0.5, 0.6) is 0 Å². The van der Waals surface area contributed by atoms with Crippen LogP contribution < -0.4 is 10.2 Å². The monoisotopic (exact) mass is 515 g/mol. The molecule has 4 rings (SSSR count). The molecule has 3 fully saturated rings. The number of carbonyl (C=O) groups excluding carboxylic acids is 1. The zero-order valence-electron chi connectivity index (χ0n) is 23.5. The number of ether oxygens (including phenoxy) is 1. The molecule has 2 N–H and O–H groups in total. The first-order chi connectivity index (χ1) is 17.7. The molecule has 1 amide bonds. The summed E-state index contributed by atoms with van der Waals surface area (Å²) < 4.78 is 5.28. The molecule has 0 atom stereocenters. The molecule has 0 aromatic carbocycles. The van der Waals surface area contributed by atoms with Crippen LogP contribution in [-0.4, -0.2) is 84.5 Å². The molecule has 2 saturated carbocycles. The normalized spacial score (nSPS) is 27.1. The van der Waals surface area contributed by atoms with E-state index in [0.29, 0.717) is 25.0 Å². The summed E-state index contributed by atoms with van der Waals surface area (Å²) in [7, 11) is 1.73. The number of methoxy groups -OCH3 is 1. The van der Waals surface area contributed by atoms with E-state index in [1.54, 1.807) is 7.11 Å². The van der Waals surface area contributed by atoms with Crippen LogP contribution in [0.1, 0.15) is 83.7 Å². The minimum atomic E-state index is -0.151. The summed E-state index contributed by atoms with van der Waals surface area (Å²) in [5.74, 6) is 3.35. The van der Waals surface area contributed by atoms with Crippen molar-refractivity contribution in [2.75, 3.05) is 51.3 Å². The van der Waals surface area contributed by atoms with Crippen LogP contribution in [0.4, 0.5) is 5.82 Å². The molecule has 8 heteroatoms. The van der Waals surface area contributed by atoms with Gasteiger partial charge >= 0.3 is 0 Å². The summed E-state index contributed by atoms with van der Waals surface area (Å²) in [5.41, 5.74) is 0.975. The molecule has 1 aromatic heterocycles. The van der Waals surface area contributed by atoms with E-state index in [9.17, 15) is 9.90 Å². The summed E-state index contributed by atoms with van der Waals surface area (Å²) in [6.07, 6.45) is 8.42. The third kappa shape index (κ3) is 8.36. The van der Waals surface area contributed by atoms with Gasteiger partial charge in [0, 0.05) is 69.3 Å². The summed E-state index contributed by atoms with van der Waals surface area (Å²) in [6, 6.07) is 2.51. The molecule has 2 aliphatic carbocycles. The van der Waals surface area contributed by atoms with Crippen LogP contribution in [-0.2, 0) is 21.4 Å². The van der Waals surface area contributed by atoms with Gasteiger partial charge in [-0.1, -0.05) is 20.8 Å². The van der Waals surface area contributed by atoms with Crippen LogP contribution in [0.3, 0.4) is 0 Å². The molecule has 37 heavy (non-hydrogen) atoms. The number of amides is 1. The second-order valence-electron chi connectivity index (χ2n) is 12.6. The number of aliphatic hydroxyl groups is 1. The summed E-state index contributed by atoms with van der Waals surface area (Å²) >= 11 is 0. The van der Waals surface area contributed by atoms with Crippen molar-refractivity contribution in [3.8, 4) is 0 Å². The Labute approximate surface area is 223 Å². The number of rotatable bonds is 10. The van der Waals surface area contributed by atoms with Gasteiger partial charge in [0.05, 0.1) is 12.7 Å². The fourth-order valence-corrected chi connectivity index (χ4v) is 5.87. The molecule has 208 valence electrons. The molecule has 0 spiro atoms. The highest BCUT2D eigenvalue weighted by molar-refractivity contribution is 5.76. The zero-order valence-corrected chi connectivity index (χ0v) is 23.5. The zero-order chi connectivity index (χ0) is 26.4. The van der Waals surface area contributed by atoms with Gasteiger partial charge in [-0.25, -0.2) is 9.97 Å². The predicted molar refractivity (Wildman–Crippen MR) is 147 cm³/mol. The van der Waals surface area contributed by atoms with E-state index >= 15 is 0 Å². The number of aromatic nitrogens is 2. The predicted octanol–water partition coefficient (Wildman–Crippen LogP) is 3.31. The Morgan fingerprint density at radius 3 is 2.43 bits per heavy atom. The molecule has 1 aromatic rings. The van der Waals surface area contributed by atoms with Crippen molar-refractivity contribution < 1.29 is 14.6 Å². The second-order valence-corrected chi connectivity index (χ2v) is 12.6. The number of nitrogens with zero attached hydrogens (tertiary/aromatic N) is 4. The maximum Gasteiger partial charge on any atom is 0.220 e. The molecule has 0 radical (unpaired) electrons. The SMILES string of the molecule is COCCc1cc(N2CCN(CCC3CC(NC(=O)CC4CCC(O)CC4)C3)CC2)nc(C(C)(C)C)n1. The van der Waals surface area contributed by atoms with Crippen molar-refractivity contribution in [1.29, 1.82) is 0 Å². The Kier molecular flexibility index (Phi) is 9.81. The average molecular weight is 516 g/mol. The molecular weight excluding hydrogens is 466 g/mol. The fourth-order valence-electron chi connectivity index (χ4n) is 5.87. The van der Waals surface area contributed by atoms with Gasteiger partial charge in [0.1, 0.15) is 11.6 Å². The van der Waals surface area contributed by atoms with Crippen molar-refractivity contribution in [2.45, 2.75) is 96.1 Å². The van der Waals surface area contributed by atoms with E-state index in [2.05, 4.69) is 42.0 Å². The standard InChI is InChI=1S/C29H49N5O3/c1-29(2,3)28-31-23(10-16-37-4)20-26(32-28)34-14-12-33(13-15-34)11-9-22-17-24(18-22)30-27(36)19-21-5-7-25(35)8-6-21/h20-22,24-25,35H,5-19H2,1-4H3,(H,30,36). The van der Waals surface area contributed by atoms with Gasteiger partial charge in [-0.05, 0) is 63.3 Å². The molecule has 1 saturated heterocycles. The smallest absolute Gasteiger partial charge is 0.220 e. The first-order valence-electron chi connectivity index (χ1n) is 14.5. The third-order valence-electron chi connectivity index (χ3n) is 8.44. The molecular formula is C29H49N5O3. The lowest BCUT2D eigenvalue weighted by Crippen LogP contribution is -2.49. The van der Waals surface area contributed by atoms with E-state index in [1.807, 2.05) is 0 Å². The lowest BCUT2D eigenvalue weighted by molar-refractivity contribution is -0.124. The van der Waals surface area contributed by atoms with Gasteiger partial charge in [-0.2, -0.15) is 0 Å².